The lowest BCUT2D eigenvalue weighted by molar-refractivity contribution is -0.140. The molecule has 2 atom stereocenters. The number of nitrogens with one attached hydrogen (secondary N) is 1. The molecule has 3 aromatic carbocycles. The third-order valence-corrected chi connectivity index (χ3v) is 9.55. The minimum Gasteiger partial charge on any atom is -0.352 e. The van der Waals surface area contributed by atoms with Crippen LogP contribution < -0.4 is 9.62 Å². The molecule has 0 aromatic heterocycles. The summed E-state index contributed by atoms with van der Waals surface area (Å²) in [6.07, 6.45) is 1.02. The van der Waals surface area contributed by atoms with Crippen molar-refractivity contribution in [2.24, 2.45) is 0 Å². The van der Waals surface area contributed by atoms with Crippen molar-refractivity contribution < 1.29 is 18.0 Å². The summed E-state index contributed by atoms with van der Waals surface area (Å²) in [7, 11) is -4.19. The van der Waals surface area contributed by atoms with Gasteiger partial charge in [0.1, 0.15) is 12.6 Å². The van der Waals surface area contributed by atoms with Crippen LogP contribution in [0.3, 0.4) is 0 Å². The zero-order chi connectivity index (χ0) is 30.3. The molecule has 7 nitrogen and oxygen atoms in total. The molecule has 220 valence electrons. The van der Waals surface area contributed by atoms with E-state index in [4.69, 9.17) is 34.8 Å². The Bertz CT molecular complexity index is 1480. The van der Waals surface area contributed by atoms with Crippen molar-refractivity contribution in [3.8, 4) is 0 Å². The van der Waals surface area contributed by atoms with Gasteiger partial charge in [-0.15, -0.1) is 0 Å². The topological polar surface area (TPSA) is 86.8 Å². The molecule has 2 amide bonds. The molecule has 0 radical (unpaired) electrons. The average molecular weight is 639 g/mol. The summed E-state index contributed by atoms with van der Waals surface area (Å²) in [5.74, 6) is -0.874. The molecular weight excluding hydrogens is 605 g/mol. The Labute approximate surface area is 257 Å². The first kappa shape index (κ1) is 32.7. The third-order valence-electron chi connectivity index (χ3n) is 6.79. The molecule has 0 saturated carbocycles. The van der Waals surface area contributed by atoms with Crippen LogP contribution >= 0.6 is 34.8 Å². The van der Waals surface area contributed by atoms with Crippen molar-refractivity contribution in [3.05, 3.63) is 92.9 Å². The van der Waals surface area contributed by atoms with Gasteiger partial charge in [0.25, 0.3) is 10.0 Å². The Morgan fingerprint density at radius 3 is 2.15 bits per heavy atom. The van der Waals surface area contributed by atoms with Gasteiger partial charge in [0.15, 0.2) is 0 Å². The highest BCUT2D eigenvalue weighted by atomic mass is 35.5. The predicted octanol–water partition coefficient (Wildman–Crippen LogP) is 6.87. The molecule has 0 saturated heterocycles. The Morgan fingerprint density at radius 1 is 0.902 bits per heavy atom. The van der Waals surface area contributed by atoms with Crippen LogP contribution in [0.25, 0.3) is 0 Å². The number of para-hydroxylation sites is 1. The fraction of sp³-hybridized carbons (Fsp3) is 0.333. The number of halogens is 3. The lowest BCUT2D eigenvalue weighted by Gasteiger charge is -2.34. The van der Waals surface area contributed by atoms with Crippen LogP contribution in [0.2, 0.25) is 15.1 Å². The lowest BCUT2D eigenvalue weighted by atomic mass is 10.1. The molecule has 0 heterocycles. The van der Waals surface area contributed by atoms with Gasteiger partial charge in [0.2, 0.25) is 11.8 Å². The Hall–Kier alpha value is -2.78. The number of benzene rings is 3. The maximum absolute atomic E-state index is 14.1. The maximum atomic E-state index is 14.1. The van der Waals surface area contributed by atoms with E-state index in [1.54, 1.807) is 56.3 Å². The first-order valence-electron chi connectivity index (χ1n) is 13.3. The number of carbonyl (C=O) groups excluding carboxylic acids is 2. The Morgan fingerprint density at radius 2 is 1.56 bits per heavy atom. The van der Waals surface area contributed by atoms with Gasteiger partial charge in [-0.1, -0.05) is 72.9 Å². The summed E-state index contributed by atoms with van der Waals surface area (Å²) in [6, 6.07) is 16.7. The molecule has 3 aromatic rings. The van der Waals surface area contributed by atoms with E-state index in [1.165, 1.54) is 29.2 Å². The highest BCUT2D eigenvalue weighted by Crippen LogP contribution is 2.29. The minimum absolute atomic E-state index is 0.0180. The van der Waals surface area contributed by atoms with Gasteiger partial charge in [-0.3, -0.25) is 13.9 Å². The first-order chi connectivity index (χ1) is 19.4. The van der Waals surface area contributed by atoms with Gasteiger partial charge >= 0.3 is 0 Å². The van der Waals surface area contributed by atoms with E-state index in [-0.39, 0.29) is 23.4 Å². The smallest absolute Gasteiger partial charge is 0.264 e. The quantitative estimate of drug-likeness (QED) is 0.235. The Kier molecular flexibility index (Phi) is 11.5. The van der Waals surface area contributed by atoms with E-state index in [1.807, 2.05) is 13.8 Å². The van der Waals surface area contributed by atoms with Crippen molar-refractivity contribution >= 4 is 62.3 Å². The van der Waals surface area contributed by atoms with Crippen molar-refractivity contribution in [1.82, 2.24) is 10.2 Å². The molecular formula is C30H34Cl3N3O4S. The van der Waals surface area contributed by atoms with Crippen LogP contribution in [0, 0.1) is 6.92 Å². The number of rotatable bonds is 12. The van der Waals surface area contributed by atoms with Crippen LogP contribution in [-0.2, 0) is 26.2 Å². The summed E-state index contributed by atoms with van der Waals surface area (Å²) in [5, 5.41) is 4.00. The van der Waals surface area contributed by atoms with E-state index in [0.29, 0.717) is 44.7 Å². The SMILES string of the molecule is CC[C@@H](C)NC(=O)[C@H](CC)N(Cc1ccc(Cl)c(Cl)c1)C(=O)CN(c1ccccc1C)S(=O)(=O)c1ccc(Cl)cc1. The second kappa shape index (κ2) is 14.4. The van der Waals surface area contributed by atoms with Gasteiger partial charge in [-0.2, -0.15) is 0 Å². The molecule has 0 aliphatic carbocycles. The van der Waals surface area contributed by atoms with E-state index >= 15 is 0 Å². The number of aryl methyl sites for hydroxylation is 1. The second-order valence-electron chi connectivity index (χ2n) is 9.76. The number of sulfonamides is 1. The largest absolute Gasteiger partial charge is 0.352 e. The first-order valence-corrected chi connectivity index (χ1v) is 15.8. The van der Waals surface area contributed by atoms with Gasteiger partial charge in [-0.25, -0.2) is 8.42 Å². The summed E-state index contributed by atoms with van der Waals surface area (Å²) in [4.78, 5) is 28.9. The highest BCUT2D eigenvalue weighted by molar-refractivity contribution is 7.92. The number of amides is 2. The van der Waals surface area contributed by atoms with Crippen LogP contribution in [0.4, 0.5) is 5.69 Å². The minimum atomic E-state index is -4.19. The highest BCUT2D eigenvalue weighted by Gasteiger charge is 2.34. The number of hydrogen-bond acceptors (Lipinski definition) is 4. The number of hydrogen-bond donors (Lipinski definition) is 1. The zero-order valence-corrected chi connectivity index (χ0v) is 26.5. The van der Waals surface area contributed by atoms with E-state index in [2.05, 4.69) is 5.32 Å². The van der Waals surface area contributed by atoms with E-state index in [0.717, 1.165) is 4.31 Å². The van der Waals surface area contributed by atoms with E-state index < -0.39 is 28.5 Å². The van der Waals surface area contributed by atoms with Gasteiger partial charge < -0.3 is 10.2 Å². The molecule has 0 aliphatic rings. The fourth-order valence-electron chi connectivity index (χ4n) is 4.29. The van der Waals surface area contributed by atoms with Gasteiger partial charge in [-0.05, 0) is 80.3 Å². The summed E-state index contributed by atoms with van der Waals surface area (Å²) in [5.41, 5.74) is 1.66. The number of nitrogens with zero attached hydrogens (tertiary/aromatic N) is 2. The van der Waals surface area contributed by atoms with Gasteiger partial charge in [0, 0.05) is 17.6 Å². The second-order valence-corrected chi connectivity index (χ2v) is 12.9. The van der Waals surface area contributed by atoms with Crippen LogP contribution in [-0.4, -0.2) is 43.8 Å². The molecule has 3 rings (SSSR count). The number of carbonyl (C=O) groups is 2. The summed E-state index contributed by atoms with van der Waals surface area (Å²) in [6.45, 7) is 6.89. The standard InChI is InChI=1S/C30H34Cl3N3O4S/c1-5-21(4)34-30(38)27(6-2)35(18-22-11-16-25(32)26(33)17-22)29(37)19-36(28-10-8-7-9-20(28)3)41(39,40)24-14-12-23(31)13-15-24/h7-17,21,27H,5-6,18-19H2,1-4H3,(H,34,38)/t21-,27+/m1/s1. The molecule has 1 N–H and O–H groups in total. The third kappa shape index (κ3) is 8.16. The normalized spacial score (nSPS) is 12.9. The lowest BCUT2D eigenvalue weighted by Crippen LogP contribution is -2.53. The monoisotopic (exact) mass is 637 g/mol. The summed E-state index contributed by atoms with van der Waals surface area (Å²) < 4.78 is 29.0. The van der Waals surface area contributed by atoms with Crippen molar-refractivity contribution in [1.29, 1.82) is 0 Å². The predicted molar refractivity (Wildman–Crippen MR) is 166 cm³/mol. The number of anilines is 1. The van der Waals surface area contributed by atoms with Crippen molar-refractivity contribution in [2.75, 3.05) is 10.8 Å². The molecule has 0 fully saturated rings. The van der Waals surface area contributed by atoms with Crippen LogP contribution in [0.5, 0.6) is 0 Å². The van der Waals surface area contributed by atoms with E-state index in [9.17, 15) is 18.0 Å². The fourth-order valence-corrected chi connectivity index (χ4v) is 6.21. The van der Waals surface area contributed by atoms with Crippen molar-refractivity contribution in [3.63, 3.8) is 0 Å². The zero-order valence-electron chi connectivity index (χ0n) is 23.4. The average Bonchev–Trinajstić information content (AvgIpc) is 2.94. The van der Waals surface area contributed by atoms with Crippen LogP contribution in [0.15, 0.2) is 71.6 Å². The van der Waals surface area contributed by atoms with Crippen molar-refractivity contribution in [2.45, 2.75) is 64.1 Å². The maximum Gasteiger partial charge on any atom is 0.264 e. The van der Waals surface area contributed by atoms with Crippen LogP contribution in [0.1, 0.15) is 44.7 Å². The molecule has 0 spiro atoms. The molecule has 41 heavy (non-hydrogen) atoms. The van der Waals surface area contributed by atoms with Gasteiger partial charge in [0.05, 0.1) is 20.6 Å². The molecule has 0 aliphatic heterocycles. The molecule has 0 unspecified atom stereocenters. The summed E-state index contributed by atoms with van der Waals surface area (Å²) >= 11 is 18.4. The Balaban J connectivity index is 2.09. The molecule has 11 heteroatoms. The molecule has 0 bridgehead atoms.